The fourth-order valence-corrected chi connectivity index (χ4v) is 3.83. The second-order valence-corrected chi connectivity index (χ2v) is 8.50. The number of furan rings is 1. The number of amides is 1. The van der Waals surface area contributed by atoms with Crippen LogP contribution in [0.15, 0.2) is 88.6 Å². The highest BCUT2D eigenvalue weighted by atomic mass is 32.2. The molecule has 2 aromatic carbocycles. The number of aromatic nitrogens is 2. The molecule has 4 rings (SSSR count). The minimum Gasteiger partial charge on any atom is -0.508 e. The molecule has 0 saturated carbocycles. The Morgan fingerprint density at radius 2 is 1.75 bits per heavy atom. The largest absolute Gasteiger partial charge is 0.508 e. The summed E-state index contributed by atoms with van der Waals surface area (Å²) in [7, 11) is -3.75. The number of aromatic hydroxyl groups is 1. The summed E-state index contributed by atoms with van der Waals surface area (Å²) in [6.45, 7) is 0.0240. The quantitative estimate of drug-likeness (QED) is 0.394. The van der Waals surface area contributed by atoms with Gasteiger partial charge in [-0.25, -0.2) is 23.1 Å². The van der Waals surface area contributed by atoms with E-state index in [0.29, 0.717) is 22.8 Å². The van der Waals surface area contributed by atoms with E-state index in [1.807, 2.05) is 0 Å². The van der Waals surface area contributed by atoms with Crippen LogP contribution in [0, 0.1) is 0 Å². The molecule has 0 fully saturated rings. The van der Waals surface area contributed by atoms with Crippen molar-refractivity contribution in [1.29, 1.82) is 0 Å². The summed E-state index contributed by atoms with van der Waals surface area (Å²) >= 11 is 0. The van der Waals surface area contributed by atoms with Crippen LogP contribution in [0.5, 0.6) is 5.75 Å². The van der Waals surface area contributed by atoms with Crippen molar-refractivity contribution >= 4 is 21.6 Å². The number of sulfonamides is 1. The van der Waals surface area contributed by atoms with E-state index < -0.39 is 15.9 Å². The van der Waals surface area contributed by atoms with E-state index in [1.165, 1.54) is 49.0 Å². The first-order chi connectivity index (χ1) is 15.4. The Balaban J connectivity index is 1.40. The van der Waals surface area contributed by atoms with Gasteiger partial charge in [0.15, 0.2) is 5.82 Å². The lowest BCUT2D eigenvalue weighted by molar-refractivity contribution is 0.102. The van der Waals surface area contributed by atoms with Gasteiger partial charge in [0, 0.05) is 11.1 Å². The molecule has 0 aliphatic rings. The lowest BCUT2D eigenvalue weighted by Crippen LogP contribution is -2.23. The molecule has 0 saturated heterocycles. The number of hydrogen-bond donors (Lipinski definition) is 3. The number of carbonyl (C=O) groups excluding carboxylic acids is 1. The predicted octanol–water partition coefficient (Wildman–Crippen LogP) is 3.17. The Morgan fingerprint density at radius 3 is 2.41 bits per heavy atom. The zero-order valence-electron chi connectivity index (χ0n) is 16.6. The molecule has 0 bridgehead atoms. The van der Waals surface area contributed by atoms with Crippen molar-refractivity contribution in [1.82, 2.24) is 14.7 Å². The third-order valence-electron chi connectivity index (χ3n) is 4.46. The summed E-state index contributed by atoms with van der Waals surface area (Å²) < 4.78 is 32.3. The maximum Gasteiger partial charge on any atom is 0.255 e. The normalized spacial score (nSPS) is 11.2. The lowest BCUT2D eigenvalue weighted by Gasteiger charge is -2.08. The number of anilines is 1. The smallest absolute Gasteiger partial charge is 0.255 e. The van der Waals surface area contributed by atoms with Gasteiger partial charge >= 0.3 is 0 Å². The Morgan fingerprint density at radius 1 is 1.00 bits per heavy atom. The first kappa shape index (κ1) is 21.2. The predicted molar refractivity (Wildman–Crippen MR) is 116 cm³/mol. The molecule has 162 valence electrons. The molecule has 4 aromatic rings. The third-order valence-corrected chi connectivity index (χ3v) is 5.87. The molecule has 0 unspecified atom stereocenters. The van der Waals surface area contributed by atoms with Gasteiger partial charge in [0.1, 0.15) is 11.5 Å². The number of nitrogens with zero attached hydrogens (tertiary/aromatic N) is 2. The van der Waals surface area contributed by atoms with Gasteiger partial charge < -0.3 is 14.8 Å². The number of phenolic OH excluding ortho intramolecular Hbond substituents is 1. The van der Waals surface area contributed by atoms with Crippen LogP contribution in [-0.4, -0.2) is 29.4 Å². The van der Waals surface area contributed by atoms with E-state index >= 15 is 0 Å². The molecule has 3 N–H and O–H groups in total. The maximum absolute atomic E-state index is 12.5. The molecular weight excluding hydrogens is 432 g/mol. The van der Waals surface area contributed by atoms with E-state index in [2.05, 4.69) is 20.0 Å². The van der Waals surface area contributed by atoms with Crippen LogP contribution in [0.25, 0.3) is 11.4 Å². The van der Waals surface area contributed by atoms with Crippen LogP contribution < -0.4 is 10.0 Å². The summed E-state index contributed by atoms with van der Waals surface area (Å²) in [5, 5.41) is 12.2. The van der Waals surface area contributed by atoms with Crippen molar-refractivity contribution in [3.8, 4) is 17.1 Å². The average Bonchev–Trinajstić information content (AvgIpc) is 3.32. The van der Waals surface area contributed by atoms with Crippen molar-refractivity contribution in [3.05, 3.63) is 90.6 Å². The Labute approximate surface area is 183 Å². The minimum atomic E-state index is -3.75. The molecule has 2 aromatic heterocycles. The summed E-state index contributed by atoms with van der Waals surface area (Å²) in [5.74, 6) is 0.550. The van der Waals surface area contributed by atoms with Crippen molar-refractivity contribution in [3.63, 3.8) is 0 Å². The van der Waals surface area contributed by atoms with Gasteiger partial charge in [0.2, 0.25) is 10.0 Å². The molecule has 1 amide bonds. The molecule has 10 heteroatoms. The number of carbonyl (C=O) groups is 1. The highest BCUT2D eigenvalue weighted by Gasteiger charge is 2.16. The zero-order valence-corrected chi connectivity index (χ0v) is 17.4. The van der Waals surface area contributed by atoms with Crippen LogP contribution in [0.3, 0.4) is 0 Å². The monoisotopic (exact) mass is 450 g/mol. The summed E-state index contributed by atoms with van der Waals surface area (Å²) in [5.41, 5.74) is 1.28. The van der Waals surface area contributed by atoms with Crippen LogP contribution >= 0.6 is 0 Å². The number of nitrogens with one attached hydrogen (secondary N) is 2. The average molecular weight is 450 g/mol. The number of rotatable bonds is 7. The van der Waals surface area contributed by atoms with E-state index in [-0.39, 0.29) is 22.8 Å². The maximum atomic E-state index is 12.5. The highest BCUT2D eigenvalue weighted by Crippen LogP contribution is 2.20. The molecule has 0 radical (unpaired) electrons. The van der Waals surface area contributed by atoms with Gasteiger partial charge in [-0.2, -0.15) is 0 Å². The topological polar surface area (TPSA) is 134 Å². The van der Waals surface area contributed by atoms with Gasteiger partial charge in [-0.05, 0) is 48.5 Å². The standard InChI is InChI=1S/C22H18N4O5S/c27-18-4-1-3-16(11-18)21-23-12-17(13-24-21)26-22(28)15-6-8-20(9-7-15)32(29,30)25-14-19-5-2-10-31-19/h1-13,25,27H,14H2,(H,26,28). The van der Waals surface area contributed by atoms with Gasteiger partial charge in [-0.15, -0.1) is 0 Å². The molecule has 2 heterocycles. The first-order valence-corrected chi connectivity index (χ1v) is 10.9. The minimum absolute atomic E-state index is 0.0240. The fraction of sp³-hybridized carbons (Fsp3) is 0.0455. The van der Waals surface area contributed by atoms with E-state index in [4.69, 9.17) is 4.42 Å². The Bertz CT molecular complexity index is 1320. The van der Waals surface area contributed by atoms with Gasteiger partial charge in [0.05, 0.1) is 35.8 Å². The lowest BCUT2D eigenvalue weighted by atomic mass is 10.2. The molecule has 0 atom stereocenters. The second kappa shape index (κ2) is 9.00. The van der Waals surface area contributed by atoms with Gasteiger partial charge in [-0.3, -0.25) is 4.79 Å². The molecule has 0 spiro atoms. The first-order valence-electron chi connectivity index (χ1n) is 9.46. The molecule has 32 heavy (non-hydrogen) atoms. The number of phenols is 1. The number of benzene rings is 2. The molecular formula is C22H18N4O5S. The van der Waals surface area contributed by atoms with E-state index in [9.17, 15) is 18.3 Å². The fourth-order valence-electron chi connectivity index (χ4n) is 2.84. The molecule has 0 aliphatic heterocycles. The summed E-state index contributed by atoms with van der Waals surface area (Å²) in [6.07, 6.45) is 4.35. The molecule has 0 aliphatic carbocycles. The van der Waals surface area contributed by atoms with Crippen molar-refractivity contribution in [2.24, 2.45) is 0 Å². The van der Waals surface area contributed by atoms with Crippen LogP contribution in [0.2, 0.25) is 0 Å². The van der Waals surface area contributed by atoms with Crippen LogP contribution in [-0.2, 0) is 16.6 Å². The van der Waals surface area contributed by atoms with Crippen molar-refractivity contribution in [2.45, 2.75) is 11.4 Å². The summed E-state index contributed by atoms with van der Waals surface area (Å²) in [4.78, 5) is 20.9. The van der Waals surface area contributed by atoms with Crippen molar-refractivity contribution < 1.29 is 22.7 Å². The Kier molecular flexibility index (Phi) is 5.97. The van der Waals surface area contributed by atoms with Gasteiger partial charge in [0.25, 0.3) is 5.91 Å². The summed E-state index contributed by atoms with van der Waals surface area (Å²) in [6, 6.07) is 15.4. The van der Waals surface area contributed by atoms with E-state index in [1.54, 1.807) is 30.3 Å². The van der Waals surface area contributed by atoms with Crippen molar-refractivity contribution in [2.75, 3.05) is 5.32 Å². The molecule has 9 nitrogen and oxygen atoms in total. The highest BCUT2D eigenvalue weighted by molar-refractivity contribution is 7.89. The number of hydrogen-bond acceptors (Lipinski definition) is 7. The SMILES string of the molecule is O=C(Nc1cnc(-c2cccc(O)c2)nc1)c1ccc(S(=O)(=O)NCc2ccco2)cc1. The van der Waals surface area contributed by atoms with Crippen LogP contribution in [0.4, 0.5) is 5.69 Å². The Hall–Kier alpha value is -4.02. The van der Waals surface area contributed by atoms with Crippen LogP contribution in [0.1, 0.15) is 16.1 Å². The third kappa shape index (κ3) is 4.99. The zero-order chi connectivity index (χ0) is 22.6. The van der Waals surface area contributed by atoms with Gasteiger partial charge in [-0.1, -0.05) is 12.1 Å². The van der Waals surface area contributed by atoms with E-state index in [0.717, 1.165) is 0 Å². The second-order valence-electron chi connectivity index (χ2n) is 6.73.